The Bertz CT molecular complexity index is 1040. The van der Waals surface area contributed by atoms with Crippen molar-refractivity contribution in [1.82, 2.24) is 19.8 Å². The smallest absolute Gasteiger partial charge is 0.260 e. The number of carbonyl (C=O) groups excluding carboxylic acids is 1. The average Bonchev–Trinajstić information content (AvgIpc) is 3.13. The molecule has 0 radical (unpaired) electrons. The maximum atomic E-state index is 13.7. The Morgan fingerprint density at radius 1 is 1.17 bits per heavy atom. The van der Waals surface area contributed by atoms with Crippen LogP contribution in [-0.4, -0.2) is 32.3 Å². The topological polar surface area (TPSA) is 64.2 Å². The minimum absolute atomic E-state index is 0.132. The van der Waals surface area contributed by atoms with E-state index in [-0.39, 0.29) is 11.9 Å². The van der Waals surface area contributed by atoms with Crippen LogP contribution in [0.15, 0.2) is 35.0 Å². The number of benzene rings is 1. The Balaban J connectivity index is 1.77. The Labute approximate surface area is 179 Å². The van der Waals surface area contributed by atoms with Crippen molar-refractivity contribution in [2.45, 2.75) is 38.6 Å². The standard InChI is InChI=1S/C21H22Cl2N4O2/c1-13-18(19(25-29-13)14-8-5-6-9-15(14)22)21(28)27-11-7-3-4-10-17(27)20-16(23)12-26(2)24-20/h5-6,8-9,12,17H,3-4,7,10-11H2,1-2H3/t17-/m0/s1. The Hall–Kier alpha value is -2.31. The van der Waals surface area contributed by atoms with Crippen molar-refractivity contribution in [1.29, 1.82) is 0 Å². The van der Waals surface area contributed by atoms with Crippen LogP contribution < -0.4 is 0 Å². The molecule has 0 saturated carbocycles. The molecule has 0 N–H and O–H groups in total. The predicted molar refractivity (Wildman–Crippen MR) is 112 cm³/mol. The van der Waals surface area contributed by atoms with E-state index >= 15 is 0 Å². The number of likely N-dealkylation sites (tertiary alicyclic amines) is 1. The monoisotopic (exact) mass is 432 g/mol. The lowest BCUT2D eigenvalue weighted by Crippen LogP contribution is -2.35. The van der Waals surface area contributed by atoms with Crippen molar-refractivity contribution in [2.24, 2.45) is 7.05 Å². The van der Waals surface area contributed by atoms with Gasteiger partial charge in [0.05, 0.1) is 16.1 Å². The lowest BCUT2D eigenvalue weighted by Gasteiger charge is -2.29. The van der Waals surface area contributed by atoms with E-state index in [0.717, 1.165) is 31.4 Å². The number of nitrogens with zero attached hydrogens (tertiary/aromatic N) is 4. The fourth-order valence-corrected chi connectivity index (χ4v) is 4.47. The van der Waals surface area contributed by atoms with Crippen molar-refractivity contribution in [2.75, 3.05) is 6.54 Å². The summed E-state index contributed by atoms with van der Waals surface area (Å²) in [6.07, 6.45) is 5.59. The summed E-state index contributed by atoms with van der Waals surface area (Å²) < 4.78 is 7.10. The SMILES string of the molecule is Cc1onc(-c2ccccc2Cl)c1C(=O)N1CCCCC[C@H]1c1nn(C)cc1Cl. The first-order valence-electron chi connectivity index (χ1n) is 9.68. The van der Waals surface area contributed by atoms with E-state index < -0.39 is 0 Å². The third-order valence-corrected chi connectivity index (χ3v) is 5.97. The quantitative estimate of drug-likeness (QED) is 0.551. The summed E-state index contributed by atoms with van der Waals surface area (Å²) >= 11 is 12.8. The van der Waals surface area contributed by atoms with Crippen LogP contribution in [0.1, 0.15) is 53.5 Å². The number of halogens is 2. The maximum Gasteiger partial charge on any atom is 0.260 e. The van der Waals surface area contributed by atoms with Gasteiger partial charge in [-0.15, -0.1) is 0 Å². The summed E-state index contributed by atoms with van der Waals surface area (Å²) in [6, 6.07) is 7.13. The second-order valence-corrected chi connectivity index (χ2v) is 8.16. The van der Waals surface area contributed by atoms with Gasteiger partial charge in [0.15, 0.2) is 0 Å². The van der Waals surface area contributed by atoms with E-state index in [2.05, 4.69) is 10.3 Å². The van der Waals surface area contributed by atoms with Crippen molar-refractivity contribution in [3.8, 4) is 11.3 Å². The molecule has 1 amide bonds. The molecule has 8 heteroatoms. The first-order chi connectivity index (χ1) is 14.0. The predicted octanol–water partition coefficient (Wildman–Crippen LogP) is 5.45. The number of aromatic nitrogens is 3. The molecule has 4 rings (SSSR count). The van der Waals surface area contributed by atoms with Crippen LogP contribution in [0.2, 0.25) is 10.0 Å². The molecule has 3 aromatic rings. The summed E-state index contributed by atoms with van der Waals surface area (Å²) in [7, 11) is 1.83. The van der Waals surface area contributed by atoms with Crippen LogP contribution in [0.25, 0.3) is 11.3 Å². The normalized spacial score (nSPS) is 17.4. The summed E-state index contributed by atoms with van der Waals surface area (Å²) in [4.78, 5) is 15.6. The third-order valence-electron chi connectivity index (χ3n) is 5.35. The van der Waals surface area contributed by atoms with E-state index in [4.69, 9.17) is 27.7 Å². The Kier molecular flexibility index (Phi) is 5.65. The van der Waals surface area contributed by atoms with E-state index in [1.165, 1.54) is 0 Å². The van der Waals surface area contributed by atoms with Crippen LogP contribution in [-0.2, 0) is 7.05 Å². The highest BCUT2D eigenvalue weighted by Crippen LogP contribution is 2.37. The third kappa shape index (κ3) is 3.79. The van der Waals surface area contributed by atoms with Gasteiger partial charge < -0.3 is 9.42 Å². The minimum atomic E-state index is -0.188. The molecule has 152 valence electrons. The zero-order chi connectivity index (χ0) is 20.5. The Morgan fingerprint density at radius 2 is 1.97 bits per heavy atom. The first kappa shape index (κ1) is 20.0. The molecule has 1 atom stereocenters. The summed E-state index contributed by atoms with van der Waals surface area (Å²) in [6.45, 7) is 2.38. The fourth-order valence-electron chi connectivity index (χ4n) is 3.94. The molecule has 0 bridgehead atoms. The second-order valence-electron chi connectivity index (χ2n) is 7.34. The van der Waals surface area contributed by atoms with Gasteiger partial charge in [-0.3, -0.25) is 9.48 Å². The molecule has 1 fully saturated rings. The number of aryl methyl sites for hydroxylation is 2. The average molecular weight is 433 g/mol. The molecule has 6 nitrogen and oxygen atoms in total. The molecular formula is C21H22Cl2N4O2. The summed E-state index contributed by atoms with van der Waals surface area (Å²) in [5.41, 5.74) is 2.32. The highest BCUT2D eigenvalue weighted by molar-refractivity contribution is 6.33. The van der Waals surface area contributed by atoms with Crippen molar-refractivity contribution in [3.63, 3.8) is 0 Å². The number of rotatable bonds is 3. The molecule has 29 heavy (non-hydrogen) atoms. The molecule has 0 aliphatic carbocycles. The molecule has 1 aromatic carbocycles. The Morgan fingerprint density at radius 3 is 2.69 bits per heavy atom. The zero-order valence-corrected chi connectivity index (χ0v) is 17.9. The van der Waals surface area contributed by atoms with Crippen molar-refractivity contribution < 1.29 is 9.32 Å². The minimum Gasteiger partial charge on any atom is -0.360 e. The highest BCUT2D eigenvalue weighted by atomic mass is 35.5. The van der Waals surface area contributed by atoms with Crippen LogP contribution >= 0.6 is 23.2 Å². The molecule has 1 aliphatic rings. The van der Waals surface area contributed by atoms with Gasteiger partial charge >= 0.3 is 0 Å². The number of hydrogen-bond acceptors (Lipinski definition) is 4. The van der Waals surface area contributed by atoms with E-state index in [0.29, 0.717) is 39.2 Å². The lowest BCUT2D eigenvalue weighted by molar-refractivity contribution is 0.0675. The van der Waals surface area contributed by atoms with Crippen LogP contribution in [0.3, 0.4) is 0 Å². The van der Waals surface area contributed by atoms with E-state index in [1.54, 1.807) is 23.9 Å². The first-order valence-corrected chi connectivity index (χ1v) is 10.4. The molecule has 1 saturated heterocycles. The molecule has 0 spiro atoms. The van der Waals surface area contributed by atoms with Gasteiger partial charge in [0, 0.05) is 25.4 Å². The number of carbonyl (C=O) groups is 1. The second kappa shape index (κ2) is 8.20. The molecule has 3 heterocycles. The fraction of sp³-hybridized carbons (Fsp3) is 0.381. The van der Waals surface area contributed by atoms with Crippen LogP contribution in [0, 0.1) is 6.92 Å². The number of hydrogen-bond donors (Lipinski definition) is 0. The van der Waals surface area contributed by atoms with Gasteiger partial charge in [-0.2, -0.15) is 5.10 Å². The van der Waals surface area contributed by atoms with E-state index in [1.807, 2.05) is 30.1 Å². The van der Waals surface area contributed by atoms with Gasteiger partial charge in [-0.05, 0) is 25.8 Å². The maximum absolute atomic E-state index is 13.7. The zero-order valence-electron chi connectivity index (χ0n) is 16.4. The largest absolute Gasteiger partial charge is 0.360 e. The van der Waals surface area contributed by atoms with Gasteiger partial charge in [-0.1, -0.05) is 59.4 Å². The van der Waals surface area contributed by atoms with Crippen molar-refractivity contribution in [3.05, 3.63) is 57.5 Å². The van der Waals surface area contributed by atoms with Gasteiger partial charge in [0.25, 0.3) is 5.91 Å². The lowest BCUT2D eigenvalue weighted by atomic mass is 10.0. The van der Waals surface area contributed by atoms with E-state index in [9.17, 15) is 4.79 Å². The van der Waals surface area contributed by atoms with Gasteiger partial charge in [0.1, 0.15) is 22.7 Å². The molecule has 1 aliphatic heterocycles. The van der Waals surface area contributed by atoms with Crippen molar-refractivity contribution >= 4 is 29.1 Å². The van der Waals surface area contributed by atoms with Gasteiger partial charge in [-0.25, -0.2) is 0 Å². The van der Waals surface area contributed by atoms with Crippen LogP contribution in [0.5, 0.6) is 0 Å². The molecule has 0 unspecified atom stereocenters. The summed E-state index contributed by atoms with van der Waals surface area (Å²) in [5, 5.41) is 9.79. The molecular weight excluding hydrogens is 411 g/mol. The number of amides is 1. The van der Waals surface area contributed by atoms with Crippen LogP contribution in [0.4, 0.5) is 0 Å². The summed E-state index contributed by atoms with van der Waals surface area (Å²) in [5.74, 6) is 0.340. The highest BCUT2D eigenvalue weighted by Gasteiger charge is 2.34. The van der Waals surface area contributed by atoms with Gasteiger partial charge in [0.2, 0.25) is 0 Å². The molecule has 2 aromatic heterocycles.